The van der Waals surface area contributed by atoms with Crippen molar-refractivity contribution >= 4 is 0 Å². The highest BCUT2D eigenvalue weighted by atomic mass is 19.1. The number of rotatable bonds is 4. The SMILES string of the molecule is CCc1c(CC2CCCN2)cc(F)cc1OC. The van der Waals surface area contributed by atoms with E-state index in [2.05, 4.69) is 12.2 Å². The van der Waals surface area contributed by atoms with Gasteiger partial charge in [-0.05, 0) is 49.4 Å². The van der Waals surface area contributed by atoms with Gasteiger partial charge in [-0.2, -0.15) is 0 Å². The molecule has 2 rings (SSSR count). The summed E-state index contributed by atoms with van der Waals surface area (Å²) in [5.41, 5.74) is 2.23. The number of benzene rings is 1. The molecule has 0 saturated carbocycles. The Hall–Kier alpha value is -1.09. The van der Waals surface area contributed by atoms with E-state index >= 15 is 0 Å². The van der Waals surface area contributed by atoms with Crippen LogP contribution in [-0.4, -0.2) is 19.7 Å². The molecule has 1 aliphatic heterocycles. The molecule has 1 N–H and O–H groups in total. The van der Waals surface area contributed by atoms with E-state index in [0.717, 1.165) is 30.5 Å². The first-order valence-corrected chi connectivity index (χ1v) is 6.33. The first kappa shape index (κ1) is 12.4. The van der Waals surface area contributed by atoms with Crippen molar-refractivity contribution in [3.8, 4) is 5.75 Å². The van der Waals surface area contributed by atoms with Crippen LogP contribution >= 0.6 is 0 Å². The zero-order valence-corrected chi connectivity index (χ0v) is 10.6. The van der Waals surface area contributed by atoms with E-state index in [1.807, 2.05) is 0 Å². The topological polar surface area (TPSA) is 21.3 Å². The Morgan fingerprint density at radius 1 is 1.47 bits per heavy atom. The standard InChI is InChI=1S/C14H20FNO/c1-3-13-10(8-12-5-4-6-16-12)7-11(15)9-14(13)17-2/h7,9,12,16H,3-6,8H2,1-2H3. The predicted molar refractivity (Wildman–Crippen MR) is 67.1 cm³/mol. The van der Waals surface area contributed by atoms with Gasteiger partial charge in [0.1, 0.15) is 11.6 Å². The predicted octanol–water partition coefficient (Wildman–Crippen LogP) is 2.69. The third kappa shape index (κ3) is 2.78. The summed E-state index contributed by atoms with van der Waals surface area (Å²) in [7, 11) is 1.60. The first-order chi connectivity index (χ1) is 8.24. The molecule has 1 unspecified atom stereocenters. The summed E-state index contributed by atoms with van der Waals surface area (Å²) in [4.78, 5) is 0. The second kappa shape index (κ2) is 5.50. The van der Waals surface area contributed by atoms with E-state index in [4.69, 9.17) is 4.74 Å². The maximum absolute atomic E-state index is 13.5. The molecule has 1 aliphatic rings. The zero-order chi connectivity index (χ0) is 12.3. The maximum Gasteiger partial charge on any atom is 0.127 e. The van der Waals surface area contributed by atoms with Crippen LogP contribution in [0.15, 0.2) is 12.1 Å². The van der Waals surface area contributed by atoms with Crippen molar-refractivity contribution in [2.24, 2.45) is 0 Å². The molecule has 0 radical (unpaired) electrons. The average molecular weight is 237 g/mol. The van der Waals surface area contributed by atoms with Gasteiger partial charge in [-0.1, -0.05) is 6.92 Å². The fourth-order valence-corrected chi connectivity index (χ4v) is 2.63. The van der Waals surface area contributed by atoms with Crippen LogP contribution in [0.3, 0.4) is 0 Å². The normalized spacial score (nSPS) is 19.6. The zero-order valence-electron chi connectivity index (χ0n) is 10.6. The van der Waals surface area contributed by atoms with Crippen LogP contribution in [0, 0.1) is 5.82 Å². The van der Waals surface area contributed by atoms with Gasteiger partial charge in [-0.15, -0.1) is 0 Å². The second-order valence-electron chi connectivity index (χ2n) is 4.60. The molecule has 0 aromatic heterocycles. The van der Waals surface area contributed by atoms with Crippen LogP contribution in [0.5, 0.6) is 5.75 Å². The van der Waals surface area contributed by atoms with Crippen molar-refractivity contribution in [3.05, 3.63) is 29.1 Å². The number of nitrogens with one attached hydrogen (secondary N) is 1. The minimum Gasteiger partial charge on any atom is -0.496 e. The minimum atomic E-state index is -0.202. The van der Waals surface area contributed by atoms with Crippen molar-refractivity contribution in [1.82, 2.24) is 5.32 Å². The van der Waals surface area contributed by atoms with Gasteiger partial charge in [0.25, 0.3) is 0 Å². The van der Waals surface area contributed by atoms with Crippen LogP contribution in [0.25, 0.3) is 0 Å². The highest BCUT2D eigenvalue weighted by Gasteiger charge is 2.18. The number of ether oxygens (including phenoxy) is 1. The molecular weight excluding hydrogens is 217 g/mol. The third-order valence-electron chi connectivity index (χ3n) is 3.47. The van der Waals surface area contributed by atoms with Crippen molar-refractivity contribution in [2.75, 3.05) is 13.7 Å². The lowest BCUT2D eigenvalue weighted by Crippen LogP contribution is -2.24. The van der Waals surface area contributed by atoms with Gasteiger partial charge in [0.2, 0.25) is 0 Å². The molecule has 1 heterocycles. The summed E-state index contributed by atoms with van der Waals surface area (Å²) in [5, 5.41) is 3.45. The lowest BCUT2D eigenvalue weighted by molar-refractivity contribution is 0.405. The van der Waals surface area contributed by atoms with Gasteiger partial charge in [-0.3, -0.25) is 0 Å². The summed E-state index contributed by atoms with van der Waals surface area (Å²) in [6.45, 7) is 3.17. The summed E-state index contributed by atoms with van der Waals surface area (Å²) in [5.74, 6) is 0.479. The molecule has 0 amide bonds. The smallest absolute Gasteiger partial charge is 0.127 e. The van der Waals surface area contributed by atoms with Gasteiger partial charge >= 0.3 is 0 Å². The molecule has 94 valence electrons. The van der Waals surface area contributed by atoms with Gasteiger partial charge in [0, 0.05) is 12.1 Å². The number of hydrogen-bond acceptors (Lipinski definition) is 2. The molecule has 0 aliphatic carbocycles. The summed E-state index contributed by atoms with van der Waals surface area (Å²) < 4.78 is 18.8. The van der Waals surface area contributed by atoms with Gasteiger partial charge in [0.05, 0.1) is 7.11 Å². The van der Waals surface area contributed by atoms with Gasteiger partial charge in [-0.25, -0.2) is 4.39 Å². The van der Waals surface area contributed by atoms with E-state index in [1.54, 1.807) is 13.2 Å². The largest absolute Gasteiger partial charge is 0.496 e. The number of methoxy groups -OCH3 is 1. The Kier molecular flexibility index (Phi) is 4.00. The molecule has 1 aromatic carbocycles. The molecule has 0 bridgehead atoms. The molecule has 3 heteroatoms. The molecular formula is C14H20FNO. The Bertz CT molecular complexity index is 386. The highest BCUT2D eigenvalue weighted by Crippen LogP contribution is 2.26. The van der Waals surface area contributed by atoms with Crippen molar-refractivity contribution in [3.63, 3.8) is 0 Å². The third-order valence-corrected chi connectivity index (χ3v) is 3.47. The quantitative estimate of drug-likeness (QED) is 0.869. The van der Waals surface area contributed by atoms with Crippen molar-refractivity contribution in [2.45, 2.75) is 38.6 Å². The first-order valence-electron chi connectivity index (χ1n) is 6.33. The summed E-state index contributed by atoms with van der Waals surface area (Å²) in [6, 6.07) is 3.62. The molecule has 2 nitrogen and oxygen atoms in total. The summed E-state index contributed by atoms with van der Waals surface area (Å²) in [6.07, 6.45) is 4.18. The number of halogens is 1. The van der Waals surface area contributed by atoms with Gasteiger partial charge < -0.3 is 10.1 Å². The van der Waals surface area contributed by atoms with Crippen LogP contribution in [-0.2, 0) is 12.8 Å². The molecule has 1 saturated heterocycles. The molecule has 1 fully saturated rings. The minimum absolute atomic E-state index is 0.202. The fourth-order valence-electron chi connectivity index (χ4n) is 2.63. The Morgan fingerprint density at radius 2 is 2.29 bits per heavy atom. The molecule has 1 atom stereocenters. The van der Waals surface area contributed by atoms with E-state index in [9.17, 15) is 4.39 Å². The monoisotopic (exact) mass is 237 g/mol. The Balaban J connectivity index is 2.26. The average Bonchev–Trinajstić information content (AvgIpc) is 2.81. The molecule has 1 aromatic rings. The van der Waals surface area contributed by atoms with Crippen LogP contribution < -0.4 is 10.1 Å². The lowest BCUT2D eigenvalue weighted by Gasteiger charge is -2.16. The Labute approximate surface area is 102 Å². The van der Waals surface area contributed by atoms with E-state index in [1.165, 1.54) is 18.9 Å². The maximum atomic E-state index is 13.5. The van der Waals surface area contributed by atoms with Crippen molar-refractivity contribution < 1.29 is 9.13 Å². The van der Waals surface area contributed by atoms with Crippen LogP contribution in [0.1, 0.15) is 30.9 Å². The number of hydrogen-bond donors (Lipinski definition) is 1. The summed E-state index contributed by atoms with van der Waals surface area (Å²) >= 11 is 0. The lowest BCUT2D eigenvalue weighted by atomic mass is 9.97. The van der Waals surface area contributed by atoms with Crippen LogP contribution in [0.2, 0.25) is 0 Å². The van der Waals surface area contributed by atoms with Gasteiger partial charge in [0.15, 0.2) is 0 Å². The Morgan fingerprint density at radius 3 is 2.88 bits per heavy atom. The van der Waals surface area contributed by atoms with E-state index in [0.29, 0.717) is 11.8 Å². The van der Waals surface area contributed by atoms with E-state index < -0.39 is 0 Å². The van der Waals surface area contributed by atoms with E-state index in [-0.39, 0.29) is 5.82 Å². The second-order valence-corrected chi connectivity index (χ2v) is 4.60. The molecule has 17 heavy (non-hydrogen) atoms. The fraction of sp³-hybridized carbons (Fsp3) is 0.571. The highest BCUT2D eigenvalue weighted by molar-refractivity contribution is 5.41. The van der Waals surface area contributed by atoms with Crippen molar-refractivity contribution in [1.29, 1.82) is 0 Å². The molecule has 0 spiro atoms. The van der Waals surface area contributed by atoms with Crippen LogP contribution in [0.4, 0.5) is 4.39 Å².